The lowest BCUT2D eigenvalue weighted by atomic mass is 9.96. The van der Waals surface area contributed by atoms with Gasteiger partial charge in [0.25, 0.3) is 0 Å². The van der Waals surface area contributed by atoms with Crippen molar-refractivity contribution >= 4 is 0 Å². The van der Waals surface area contributed by atoms with Gasteiger partial charge in [-0.2, -0.15) is 0 Å². The zero-order valence-corrected chi connectivity index (χ0v) is 9.81. The third-order valence-corrected chi connectivity index (χ3v) is 2.37. The van der Waals surface area contributed by atoms with Gasteiger partial charge in [-0.1, -0.05) is 0 Å². The van der Waals surface area contributed by atoms with E-state index in [9.17, 15) is 8.78 Å². The fourth-order valence-corrected chi connectivity index (χ4v) is 1.38. The molecule has 4 heteroatoms. The second kappa shape index (κ2) is 4.78. The van der Waals surface area contributed by atoms with Crippen molar-refractivity contribution in [1.29, 1.82) is 0 Å². The average molecular weight is 229 g/mol. The largest absolute Gasteiger partial charge is 0.497 e. The summed E-state index contributed by atoms with van der Waals surface area (Å²) in [5, 5.41) is 0. The van der Waals surface area contributed by atoms with Crippen LogP contribution in [-0.4, -0.2) is 12.6 Å². The molecule has 0 atom stereocenters. The van der Waals surface area contributed by atoms with Crippen molar-refractivity contribution in [2.45, 2.75) is 32.2 Å². The Balaban J connectivity index is 2.88. The summed E-state index contributed by atoms with van der Waals surface area (Å²) in [5.41, 5.74) is 5.41. The summed E-state index contributed by atoms with van der Waals surface area (Å²) < 4.78 is 31.8. The van der Waals surface area contributed by atoms with Crippen LogP contribution in [0.2, 0.25) is 0 Å². The molecule has 2 N–H and O–H groups in total. The SMILES string of the molecule is COc1cc(F)c(CCC(C)(C)N)c(F)c1. The summed E-state index contributed by atoms with van der Waals surface area (Å²) in [7, 11) is 1.37. The Morgan fingerprint density at radius 1 is 1.25 bits per heavy atom. The van der Waals surface area contributed by atoms with E-state index in [0.717, 1.165) is 0 Å². The van der Waals surface area contributed by atoms with Gasteiger partial charge in [-0.05, 0) is 26.7 Å². The first-order valence-electron chi connectivity index (χ1n) is 5.14. The fraction of sp³-hybridized carbons (Fsp3) is 0.500. The Morgan fingerprint density at radius 2 is 1.75 bits per heavy atom. The first-order valence-corrected chi connectivity index (χ1v) is 5.14. The number of halogens is 2. The lowest BCUT2D eigenvalue weighted by Crippen LogP contribution is -2.32. The first-order chi connectivity index (χ1) is 7.33. The van der Waals surface area contributed by atoms with E-state index in [1.165, 1.54) is 19.2 Å². The average Bonchev–Trinajstić information content (AvgIpc) is 2.14. The maximum absolute atomic E-state index is 13.5. The Kier molecular flexibility index (Phi) is 3.86. The maximum Gasteiger partial charge on any atom is 0.133 e. The van der Waals surface area contributed by atoms with E-state index in [-0.39, 0.29) is 17.7 Å². The van der Waals surface area contributed by atoms with Gasteiger partial charge in [-0.25, -0.2) is 8.78 Å². The van der Waals surface area contributed by atoms with Gasteiger partial charge in [-0.15, -0.1) is 0 Å². The first kappa shape index (κ1) is 12.9. The molecule has 0 bridgehead atoms. The van der Waals surface area contributed by atoms with Gasteiger partial charge in [0, 0.05) is 23.2 Å². The van der Waals surface area contributed by atoms with E-state index >= 15 is 0 Å². The minimum absolute atomic E-state index is 0.0688. The lowest BCUT2D eigenvalue weighted by Gasteiger charge is -2.18. The molecule has 1 aromatic carbocycles. The Bertz CT molecular complexity index is 349. The molecule has 16 heavy (non-hydrogen) atoms. The fourth-order valence-electron chi connectivity index (χ4n) is 1.38. The Labute approximate surface area is 94.4 Å². The molecule has 0 radical (unpaired) electrons. The topological polar surface area (TPSA) is 35.2 Å². The molecule has 90 valence electrons. The van der Waals surface area contributed by atoms with Crippen LogP contribution in [0.1, 0.15) is 25.8 Å². The second-order valence-electron chi connectivity index (χ2n) is 4.56. The maximum atomic E-state index is 13.5. The van der Waals surface area contributed by atoms with Crippen molar-refractivity contribution in [2.24, 2.45) is 5.73 Å². The number of benzene rings is 1. The van der Waals surface area contributed by atoms with Crippen molar-refractivity contribution in [3.05, 3.63) is 29.3 Å². The minimum atomic E-state index is -0.582. The van der Waals surface area contributed by atoms with E-state index in [1.807, 2.05) is 13.8 Å². The van der Waals surface area contributed by atoms with Gasteiger partial charge >= 0.3 is 0 Å². The standard InChI is InChI=1S/C12H17F2NO/c1-12(2,15)5-4-9-10(13)6-8(16-3)7-11(9)14/h6-7H,4-5,15H2,1-3H3. The smallest absolute Gasteiger partial charge is 0.133 e. The van der Waals surface area contributed by atoms with Gasteiger partial charge in [-0.3, -0.25) is 0 Å². The summed E-state index contributed by atoms with van der Waals surface area (Å²) in [6.07, 6.45) is 0.804. The lowest BCUT2D eigenvalue weighted by molar-refractivity contribution is 0.403. The van der Waals surface area contributed by atoms with Gasteiger partial charge in [0.05, 0.1) is 7.11 Å². The molecular formula is C12H17F2NO. The third-order valence-electron chi connectivity index (χ3n) is 2.37. The molecule has 0 spiro atoms. The molecule has 0 aliphatic heterocycles. The molecule has 0 unspecified atom stereocenters. The molecule has 2 nitrogen and oxygen atoms in total. The zero-order valence-electron chi connectivity index (χ0n) is 9.81. The Morgan fingerprint density at radius 3 is 2.12 bits per heavy atom. The predicted molar refractivity (Wildman–Crippen MR) is 59.5 cm³/mol. The van der Waals surface area contributed by atoms with Gasteiger partial charge in [0.1, 0.15) is 17.4 Å². The number of hydrogen-bond donors (Lipinski definition) is 1. The van der Waals surface area contributed by atoms with Gasteiger partial charge in [0.15, 0.2) is 0 Å². The van der Waals surface area contributed by atoms with E-state index in [0.29, 0.717) is 6.42 Å². The second-order valence-corrected chi connectivity index (χ2v) is 4.56. The van der Waals surface area contributed by atoms with Gasteiger partial charge in [0.2, 0.25) is 0 Å². The van der Waals surface area contributed by atoms with Crippen molar-refractivity contribution < 1.29 is 13.5 Å². The molecule has 0 saturated carbocycles. The van der Waals surface area contributed by atoms with Crippen LogP contribution in [0.25, 0.3) is 0 Å². The monoisotopic (exact) mass is 229 g/mol. The van der Waals surface area contributed by atoms with Crippen LogP contribution in [-0.2, 0) is 6.42 Å². The molecule has 0 aromatic heterocycles. The summed E-state index contributed by atoms with van der Waals surface area (Å²) in [6.45, 7) is 3.65. The van der Waals surface area contributed by atoms with Crippen LogP contribution in [0.3, 0.4) is 0 Å². The molecule has 0 aliphatic carbocycles. The van der Waals surface area contributed by atoms with Crippen LogP contribution in [0.15, 0.2) is 12.1 Å². The summed E-state index contributed by atoms with van der Waals surface area (Å²) in [6, 6.07) is 2.36. The number of rotatable bonds is 4. The van der Waals surface area contributed by atoms with Crippen LogP contribution in [0.5, 0.6) is 5.75 Å². The number of methoxy groups -OCH3 is 1. The number of hydrogen-bond acceptors (Lipinski definition) is 2. The number of ether oxygens (including phenoxy) is 1. The van der Waals surface area contributed by atoms with Gasteiger partial charge < -0.3 is 10.5 Å². The normalized spacial score (nSPS) is 11.6. The van der Waals surface area contributed by atoms with Crippen molar-refractivity contribution in [2.75, 3.05) is 7.11 Å². The minimum Gasteiger partial charge on any atom is -0.497 e. The summed E-state index contributed by atoms with van der Waals surface area (Å²) >= 11 is 0. The van der Waals surface area contributed by atoms with E-state index < -0.39 is 17.2 Å². The van der Waals surface area contributed by atoms with E-state index in [4.69, 9.17) is 10.5 Å². The highest BCUT2D eigenvalue weighted by Gasteiger charge is 2.16. The van der Waals surface area contributed by atoms with Crippen LogP contribution in [0, 0.1) is 11.6 Å². The highest BCUT2D eigenvalue weighted by Crippen LogP contribution is 2.22. The van der Waals surface area contributed by atoms with Crippen LogP contribution < -0.4 is 10.5 Å². The predicted octanol–water partition coefficient (Wildman–Crippen LogP) is 2.64. The summed E-state index contributed by atoms with van der Waals surface area (Å²) in [4.78, 5) is 0. The van der Waals surface area contributed by atoms with E-state index in [1.54, 1.807) is 0 Å². The molecule has 0 aliphatic rings. The van der Waals surface area contributed by atoms with E-state index in [2.05, 4.69) is 0 Å². The van der Waals surface area contributed by atoms with Crippen LogP contribution in [0.4, 0.5) is 8.78 Å². The molecule has 1 rings (SSSR count). The molecule has 0 amide bonds. The molecule has 0 fully saturated rings. The highest BCUT2D eigenvalue weighted by molar-refractivity contribution is 5.30. The van der Waals surface area contributed by atoms with Crippen molar-refractivity contribution in [1.82, 2.24) is 0 Å². The van der Waals surface area contributed by atoms with Crippen molar-refractivity contribution in [3.63, 3.8) is 0 Å². The van der Waals surface area contributed by atoms with Crippen molar-refractivity contribution in [3.8, 4) is 5.75 Å². The quantitative estimate of drug-likeness (QED) is 0.861. The molecule has 1 aromatic rings. The number of nitrogens with two attached hydrogens (primary N) is 1. The third kappa shape index (κ3) is 3.45. The molecular weight excluding hydrogens is 212 g/mol. The zero-order chi connectivity index (χ0) is 12.3. The van der Waals surface area contributed by atoms with Crippen LogP contribution >= 0.6 is 0 Å². The summed E-state index contributed by atoms with van der Waals surface area (Å²) in [5.74, 6) is -0.979. The highest BCUT2D eigenvalue weighted by atomic mass is 19.1. The molecule has 0 heterocycles. The molecule has 0 saturated heterocycles. The Hall–Kier alpha value is -1.16.